The second-order valence-corrected chi connectivity index (χ2v) is 8.64. The van der Waals surface area contributed by atoms with Crippen LogP contribution < -0.4 is 20.1 Å². The van der Waals surface area contributed by atoms with Crippen LogP contribution >= 0.6 is 23.2 Å². The van der Waals surface area contributed by atoms with Crippen LogP contribution in [0.15, 0.2) is 42.0 Å². The van der Waals surface area contributed by atoms with E-state index in [0.29, 0.717) is 32.8 Å². The van der Waals surface area contributed by atoms with E-state index in [1.165, 1.54) is 19.6 Å². The number of halogens is 2. The normalized spacial score (nSPS) is 14.1. The summed E-state index contributed by atoms with van der Waals surface area (Å²) in [5.74, 6) is -0.164. The number of para-hydroxylation sites is 1. The number of anilines is 1. The molecule has 7 nitrogen and oxygen atoms in total. The second-order valence-electron chi connectivity index (χ2n) is 7.82. The molecule has 0 radical (unpaired) electrons. The number of carbonyl (C=O) groups excluding carboxylic acids is 2. The zero-order chi connectivity index (χ0) is 24.5. The number of nitrogens with one attached hydrogen (secondary N) is 2. The van der Waals surface area contributed by atoms with Gasteiger partial charge in [0, 0.05) is 6.04 Å². The van der Waals surface area contributed by atoms with Gasteiger partial charge in [0.05, 0.1) is 22.8 Å². The lowest BCUT2D eigenvalue weighted by molar-refractivity contribution is -0.118. The van der Waals surface area contributed by atoms with Crippen molar-refractivity contribution < 1.29 is 19.1 Å². The Morgan fingerprint density at radius 3 is 2.47 bits per heavy atom. The van der Waals surface area contributed by atoms with E-state index in [2.05, 4.69) is 10.6 Å². The molecular formula is C25H25Cl2N3O4. The summed E-state index contributed by atoms with van der Waals surface area (Å²) >= 11 is 12.1. The third-order valence-corrected chi connectivity index (χ3v) is 6.02. The van der Waals surface area contributed by atoms with Crippen LogP contribution in [0.3, 0.4) is 0 Å². The maximum absolute atomic E-state index is 12.5. The van der Waals surface area contributed by atoms with Crippen molar-refractivity contribution in [2.24, 2.45) is 0 Å². The zero-order valence-electron chi connectivity index (χ0n) is 18.7. The van der Waals surface area contributed by atoms with Crippen molar-refractivity contribution in [3.05, 3.63) is 57.6 Å². The first kappa shape index (κ1) is 25.4. The molecule has 0 atom stereocenters. The molecule has 0 heterocycles. The molecule has 2 N–H and O–H groups in total. The first-order valence-electron chi connectivity index (χ1n) is 10.9. The summed E-state index contributed by atoms with van der Waals surface area (Å²) in [5.41, 5.74) is 0.909. The maximum atomic E-state index is 12.5. The molecule has 2 aromatic rings. The van der Waals surface area contributed by atoms with Gasteiger partial charge >= 0.3 is 0 Å². The highest BCUT2D eigenvalue weighted by molar-refractivity contribution is 6.39. The molecule has 0 aromatic heterocycles. The molecule has 3 rings (SSSR count). The van der Waals surface area contributed by atoms with Crippen molar-refractivity contribution >= 4 is 46.8 Å². The van der Waals surface area contributed by atoms with Gasteiger partial charge in [0.15, 0.2) is 18.1 Å². The van der Waals surface area contributed by atoms with Crippen LogP contribution in [0.2, 0.25) is 10.0 Å². The monoisotopic (exact) mass is 501 g/mol. The van der Waals surface area contributed by atoms with Crippen molar-refractivity contribution in [3.8, 4) is 17.6 Å². The topological polar surface area (TPSA) is 100 Å². The Hall–Kier alpha value is -3.21. The molecular weight excluding hydrogens is 477 g/mol. The quantitative estimate of drug-likeness (QED) is 0.373. The average Bonchev–Trinajstić information content (AvgIpc) is 2.84. The van der Waals surface area contributed by atoms with Crippen LogP contribution in [0.5, 0.6) is 11.5 Å². The molecule has 1 aliphatic carbocycles. The molecule has 0 unspecified atom stereocenters. The molecule has 0 aliphatic heterocycles. The van der Waals surface area contributed by atoms with E-state index in [9.17, 15) is 14.9 Å². The number of methoxy groups -OCH3 is 1. The van der Waals surface area contributed by atoms with Gasteiger partial charge in [-0.3, -0.25) is 9.59 Å². The van der Waals surface area contributed by atoms with Gasteiger partial charge in [-0.1, -0.05) is 54.6 Å². The number of amides is 2. The first-order chi connectivity index (χ1) is 16.4. The summed E-state index contributed by atoms with van der Waals surface area (Å²) in [7, 11) is 1.46. The number of hydrogen-bond acceptors (Lipinski definition) is 5. The van der Waals surface area contributed by atoms with Gasteiger partial charge in [-0.15, -0.1) is 0 Å². The molecule has 2 amide bonds. The van der Waals surface area contributed by atoms with Crippen molar-refractivity contribution in [1.29, 1.82) is 5.26 Å². The van der Waals surface area contributed by atoms with Gasteiger partial charge in [0.1, 0.15) is 11.6 Å². The SMILES string of the molecule is COc1cc(/C=C(\C#N)C(=O)NC2CCCCC2)ccc1OCC(=O)Nc1c(Cl)cccc1Cl. The highest BCUT2D eigenvalue weighted by Crippen LogP contribution is 2.31. The summed E-state index contributed by atoms with van der Waals surface area (Å²) in [6.45, 7) is -0.305. The molecule has 1 saturated carbocycles. The van der Waals surface area contributed by atoms with E-state index < -0.39 is 5.91 Å². The van der Waals surface area contributed by atoms with Gasteiger partial charge in [0.2, 0.25) is 0 Å². The molecule has 1 fully saturated rings. The standard InChI is InChI=1S/C25H25Cl2N3O4/c1-33-22-13-16(12-17(14-28)25(32)29-18-6-3-2-4-7-18)10-11-21(22)34-15-23(31)30-24-19(26)8-5-9-20(24)27/h5,8-13,18H,2-4,6-7,15H2,1H3,(H,29,32)(H,30,31)/b17-12+. The Labute approximate surface area is 208 Å². The minimum absolute atomic E-state index is 0.0114. The minimum Gasteiger partial charge on any atom is -0.493 e. The predicted octanol–water partition coefficient (Wildman–Crippen LogP) is 5.38. The highest BCUT2D eigenvalue weighted by Gasteiger charge is 2.18. The molecule has 1 aliphatic rings. The summed E-state index contributed by atoms with van der Waals surface area (Å²) in [4.78, 5) is 24.8. The fourth-order valence-electron chi connectivity index (χ4n) is 3.65. The fourth-order valence-corrected chi connectivity index (χ4v) is 4.15. The second kappa shape index (κ2) is 12.3. The van der Waals surface area contributed by atoms with Crippen LogP contribution in [0, 0.1) is 11.3 Å². The Bertz CT molecular complexity index is 1100. The van der Waals surface area contributed by atoms with Gasteiger partial charge in [0.25, 0.3) is 11.8 Å². The summed E-state index contributed by atoms with van der Waals surface area (Å²) in [6, 6.07) is 11.9. The molecule has 2 aromatic carbocycles. The van der Waals surface area contributed by atoms with Crippen LogP contribution in [0.25, 0.3) is 6.08 Å². The smallest absolute Gasteiger partial charge is 0.262 e. The number of hydrogen-bond donors (Lipinski definition) is 2. The van der Waals surface area contributed by atoms with E-state index >= 15 is 0 Å². The van der Waals surface area contributed by atoms with Crippen molar-refractivity contribution in [1.82, 2.24) is 5.32 Å². The Kier molecular flexibility index (Phi) is 9.20. The Morgan fingerprint density at radius 2 is 1.82 bits per heavy atom. The Balaban J connectivity index is 1.65. The molecule has 0 bridgehead atoms. The summed E-state index contributed by atoms with van der Waals surface area (Å²) < 4.78 is 10.9. The number of nitrogens with zero attached hydrogens (tertiary/aromatic N) is 1. The number of ether oxygens (including phenoxy) is 2. The maximum Gasteiger partial charge on any atom is 0.262 e. The van der Waals surface area contributed by atoms with Gasteiger partial charge in [-0.25, -0.2) is 0 Å². The van der Waals surface area contributed by atoms with Crippen LogP contribution in [-0.2, 0) is 9.59 Å². The number of benzene rings is 2. The van der Waals surface area contributed by atoms with Crippen LogP contribution in [0.1, 0.15) is 37.7 Å². The van der Waals surface area contributed by atoms with Gasteiger partial charge in [-0.2, -0.15) is 5.26 Å². The van der Waals surface area contributed by atoms with E-state index in [1.54, 1.807) is 36.4 Å². The third-order valence-electron chi connectivity index (χ3n) is 5.39. The first-order valence-corrected chi connectivity index (χ1v) is 11.6. The van der Waals surface area contributed by atoms with E-state index in [-0.39, 0.29) is 24.1 Å². The van der Waals surface area contributed by atoms with Gasteiger partial charge < -0.3 is 20.1 Å². The van der Waals surface area contributed by atoms with Crippen molar-refractivity contribution in [2.75, 3.05) is 19.0 Å². The summed E-state index contributed by atoms with van der Waals surface area (Å²) in [6.07, 6.45) is 6.70. The van der Waals surface area contributed by atoms with E-state index in [1.807, 2.05) is 6.07 Å². The molecule has 178 valence electrons. The lowest BCUT2D eigenvalue weighted by Gasteiger charge is -2.22. The summed E-state index contributed by atoms with van der Waals surface area (Å²) in [5, 5.41) is 15.7. The van der Waals surface area contributed by atoms with Crippen LogP contribution in [0.4, 0.5) is 5.69 Å². The molecule has 0 saturated heterocycles. The lowest BCUT2D eigenvalue weighted by atomic mass is 9.95. The highest BCUT2D eigenvalue weighted by atomic mass is 35.5. The number of nitriles is 1. The molecule has 34 heavy (non-hydrogen) atoms. The molecule has 9 heteroatoms. The van der Waals surface area contributed by atoms with Crippen LogP contribution in [-0.4, -0.2) is 31.6 Å². The third kappa shape index (κ3) is 6.89. The molecule has 0 spiro atoms. The van der Waals surface area contributed by atoms with Crippen molar-refractivity contribution in [2.45, 2.75) is 38.1 Å². The number of rotatable bonds is 8. The average molecular weight is 502 g/mol. The lowest BCUT2D eigenvalue weighted by Crippen LogP contribution is -2.36. The number of carbonyl (C=O) groups is 2. The van der Waals surface area contributed by atoms with E-state index in [0.717, 1.165) is 25.7 Å². The largest absolute Gasteiger partial charge is 0.493 e. The van der Waals surface area contributed by atoms with Gasteiger partial charge in [-0.05, 0) is 48.7 Å². The minimum atomic E-state index is -0.452. The Morgan fingerprint density at radius 1 is 1.12 bits per heavy atom. The zero-order valence-corrected chi connectivity index (χ0v) is 20.2. The predicted molar refractivity (Wildman–Crippen MR) is 132 cm³/mol. The van der Waals surface area contributed by atoms with E-state index in [4.69, 9.17) is 32.7 Å². The van der Waals surface area contributed by atoms with Crippen molar-refractivity contribution in [3.63, 3.8) is 0 Å². The fraction of sp³-hybridized carbons (Fsp3) is 0.320.